The first-order valence-electron chi connectivity index (χ1n) is 13.2. The number of ether oxygens (including phenoxy) is 1. The van der Waals surface area contributed by atoms with Crippen LogP contribution in [0, 0.1) is 17.3 Å². The molecule has 1 saturated heterocycles. The third kappa shape index (κ3) is 5.29. The summed E-state index contributed by atoms with van der Waals surface area (Å²) in [5, 5.41) is 14.3. The summed E-state index contributed by atoms with van der Waals surface area (Å²) in [7, 11) is 1.66. The van der Waals surface area contributed by atoms with Crippen LogP contribution in [0.3, 0.4) is 0 Å². The highest BCUT2D eigenvalue weighted by atomic mass is 16.5. The number of likely N-dealkylation sites (tertiary alicyclic amines) is 1. The number of methoxy groups -OCH3 is 1. The summed E-state index contributed by atoms with van der Waals surface area (Å²) in [6.07, 6.45) is 4.86. The van der Waals surface area contributed by atoms with Crippen LogP contribution in [0.15, 0.2) is 54.6 Å². The van der Waals surface area contributed by atoms with Crippen LogP contribution in [-0.2, 0) is 16.1 Å². The number of carboxylic acid groups (broad SMARTS) is 1. The summed E-state index contributed by atoms with van der Waals surface area (Å²) in [4.78, 5) is 28.8. The number of hydrogen-bond acceptors (Lipinski definition) is 4. The number of para-hydroxylation sites is 1. The van der Waals surface area contributed by atoms with E-state index in [1.54, 1.807) is 12.0 Å². The van der Waals surface area contributed by atoms with Gasteiger partial charge in [0.05, 0.1) is 13.2 Å². The number of nitrogens with one attached hydrogen (secondary N) is 1. The van der Waals surface area contributed by atoms with E-state index in [9.17, 15) is 14.7 Å². The number of carbonyl (C=O) groups excluding carboxylic acids is 1. The molecule has 1 saturated carbocycles. The highest BCUT2D eigenvalue weighted by Gasteiger charge is 2.58. The zero-order valence-electron chi connectivity index (χ0n) is 21.9. The molecule has 4 rings (SSSR count). The van der Waals surface area contributed by atoms with Crippen LogP contribution < -0.4 is 10.1 Å². The van der Waals surface area contributed by atoms with Gasteiger partial charge < -0.3 is 20.1 Å². The van der Waals surface area contributed by atoms with Crippen LogP contribution in [0.4, 0.5) is 0 Å². The van der Waals surface area contributed by atoms with Crippen molar-refractivity contribution in [2.24, 2.45) is 17.3 Å². The zero-order chi connectivity index (χ0) is 25.9. The molecule has 0 radical (unpaired) electrons. The van der Waals surface area contributed by atoms with Crippen molar-refractivity contribution < 1.29 is 19.4 Å². The van der Waals surface area contributed by atoms with E-state index in [1.807, 2.05) is 54.6 Å². The summed E-state index contributed by atoms with van der Waals surface area (Å²) in [5.74, 6) is -0.548. The first-order valence-corrected chi connectivity index (χ1v) is 13.2. The normalized spacial score (nSPS) is 25.1. The Morgan fingerprint density at radius 2 is 1.64 bits per heavy atom. The second-order valence-corrected chi connectivity index (χ2v) is 11.3. The Bertz CT molecular complexity index is 1040. The SMILES string of the molecule is COc1ccccc1CN[C@@H]1[C@@H](C(C)(C)C)[C@H](C(=O)O)N(C(=O)C2CCCCC2)[C@@H]1c1ccccc1. The quantitative estimate of drug-likeness (QED) is 0.539. The van der Waals surface area contributed by atoms with Crippen molar-refractivity contribution in [3.8, 4) is 5.75 Å². The third-order valence-corrected chi connectivity index (χ3v) is 7.99. The van der Waals surface area contributed by atoms with Crippen molar-refractivity contribution in [1.29, 1.82) is 0 Å². The van der Waals surface area contributed by atoms with Crippen molar-refractivity contribution in [2.75, 3.05) is 7.11 Å². The number of carbonyl (C=O) groups is 2. The second-order valence-electron chi connectivity index (χ2n) is 11.3. The Balaban J connectivity index is 1.80. The maximum Gasteiger partial charge on any atom is 0.326 e. The predicted molar refractivity (Wildman–Crippen MR) is 141 cm³/mol. The minimum atomic E-state index is -0.929. The Hall–Kier alpha value is -2.86. The zero-order valence-corrected chi connectivity index (χ0v) is 21.9. The van der Waals surface area contributed by atoms with E-state index in [0.29, 0.717) is 6.54 Å². The molecule has 1 amide bonds. The van der Waals surface area contributed by atoms with Gasteiger partial charge in [0.1, 0.15) is 11.8 Å². The lowest BCUT2D eigenvalue weighted by Gasteiger charge is -2.36. The molecule has 1 aliphatic carbocycles. The first kappa shape index (κ1) is 26.2. The van der Waals surface area contributed by atoms with Crippen LogP contribution >= 0.6 is 0 Å². The Morgan fingerprint density at radius 3 is 2.25 bits per heavy atom. The Kier molecular flexibility index (Phi) is 8.04. The fourth-order valence-corrected chi connectivity index (χ4v) is 6.36. The van der Waals surface area contributed by atoms with E-state index in [0.717, 1.165) is 49.0 Å². The third-order valence-electron chi connectivity index (χ3n) is 7.99. The fourth-order valence-electron chi connectivity index (χ4n) is 6.36. The molecule has 36 heavy (non-hydrogen) atoms. The molecular formula is C30H40N2O4. The molecule has 6 nitrogen and oxygen atoms in total. The topological polar surface area (TPSA) is 78.9 Å². The number of aliphatic carboxylic acids is 1. The van der Waals surface area contributed by atoms with Gasteiger partial charge in [-0.1, -0.05) is 88.6 Å². The molecule has 2 aromatic carbocycles. The van der Waals surface area contributed by atoms with Gasteiger partial charge >= 0.3 is 5.97 Å². The maximum absolute atomic E-state index is 14.1. The number of nitrogens with zero attached hydrogens (tertiary/aromatic N) is 1. The molecule has 0 unspecified atom stereocenters. The fraction of sp³-hybridized carbons (Fsp3) is 0.533. The molecule has 2 N–H and O–H groups in total. The molecule has 1 heterocycles. The smallest absolute Gasteiger partial charge is 0.326 e. The standard InChI is InChI=1S/C30H40N2O4/c1-30(2,3)24-25(31-19-22-17-11-12-18-23(22)36-4)26(20-13-7-5-8-14-20)32(27(24)29(34)35)28(33)21-15-9-6-10-16-21/h5,7-8,11-14,17-18,21,24-27,31H,6,9-10,15-16,19H2,1-4H3,(H,34,35)/t24-,25-,26-,27-/m1/s1. The maximum atomic E-state index is 14.1. The lowest BCUT2D eigenvalue weighted by atomic mass is 9.72. The van der Waals surface area contributed by atoms with Crippen molar-refractivity contribution in [1.82, 2.24) is 10.2 Å². The van der Waals surface area contributed by atoms with Crippen LogP contribution in [0.2, 0.25) is 0 Å². The molecule has 2 aliphatic rings. The van der Waals surface area contributed by atoms with Gasteiger partial charge in [0.15, 0.2) is 0 Å². The van der Waals surface area contributed by atoms with E-state index in [4.69, 9.17) is 4.74 Å². The Labute approximate surface area is 215 Å². The number of rotatable bonds is 7. The Morgan fingerprint density at radius 1 is 1.00 bits per heavy atom. The van der Waals surface area contributed by atoms with Gasteiger partial charge in [-0.3, -0.25) is 4.79 Å². The van der Waals surface area contributed by atoms with Crippen molar-refractivity contribution >= 4 is 11.9 Å². The summed E-state index contributed by atoms with van der Waals surface area (Å²) in [6, 6.07) is 16.3. The predicted octanol–water partition coefficient (Wildman–Crippen LogP) is 5.43. The molecule has 194 valence electrons. The average molecular weight is 493 g/mol. The van der Waals surface area contributed by atoms with E-state index >= 15 is 0 Å². The van der Waals surface area contributed by atoms with Crippen LogP contribution in [0.5, 0.6) is 5.75 Å². The summed E-state index contributed by atoms with van der Waals surface area (Å²) >= 11 is 0. The molecule has 0 aromatic heterocycles. The minimum absolute atomic E-state index is 0.00760. The molecular weight excluding hydrogens is 452 g/mol. The van der Waals surface area contributed by atoms with Crippen LogP contribution in [0.25, 0.3) is 0 Å². The van der Waals surface area contributed by atoms with Gasteiger partial charge in [-0.25, -0.2) is 4.79 Å². The molecule has 2 fully saturated rings. The molecule has 6 heteroatoms. The first-order chi connectivity index (χ1) is 17.2. The van der Waals surface area contributed by atoms with Gasteiger partial charge in [-0.05, 0) is 29.9 Å². The number of carboxylic acids is 1. The summed E-state index contributed by atoms with van der Waals surface area (Å²) in [6.45, 7) is 6.77. The van der Waals surface area contributed by atoms with Crippen LogP contribution in [0.1, 0.15) is 70.0 Å². The van der Waals surface area contributed by atoms with E-state index < -0.39 is 12.0 Å². The number of benzene rings is 2. The van der Waals surface area contributed by atoms with Gasteiger partial charge in [0, 0.05) is 30.0 Å². The number of hydrogen-bond donors (Lipinski definition) is 2. The van der Waals surface area contributed by atoms with Gasteiger partial charge in [-0.15, -0.1) is 0 Å². The molecule has 2 aromatic rings. The highest BCUT2D eigenvalue weighted by molar-refractivity contribution is 5.87. The lowest BCUT2D eigenvalue weighted by Crippen LogP contribution is -2.49. The monoisotopic (exact) mass is 492 g/mol. The van der Waals surface area contributed by atoms with Crippen molar-refractivity contribution in [2.45, 2.75) is 77.5 Å². The van der Waals surface area contributed by atoms with Crippen LogP contribution in [-0.4, -0.2) is 41.1 Å². The molecule has 4 atom stereocenters. The molecule has 1 aliphatic heterocycles. The second kappa shape index (κ2) is 11.0. The van der Waals surface area contributed by atoms with Crippen molar-refractivity contribution in [3.05, 3.63) is 65.7 Å². The minimum Gasteiger partial charge on any atom is -0.496 e. The molecule has 0 bridgehead atoms. The summed E-state index contributed by atoms with van der Waals surface area (Å²) < 4.78 is 5.57. The van der Waals surface area contributed by atoms with Gasteiger partial charge in [0.2, 0.25) is 5.91 Å². The average Bonchev–Trinajstić information content (AvgIpc) is 3.24. The molecule has 0 spiro atoms. The summed E-state index contributed by atoms with van der Waals surface area (Å²) in [5.41, 5.74) is 1.62. The lowest BCUT2D eigenvalue weighted by molar-refractivity contribution is -0.154. The van der Waals surface area contributed by atoms with E-state index in [-0.39, 0.29) is 35.2 Å². The van der Waals surface area contributed by atoms with Gasteiger partial charge in [-0.2, -0.15) is 0 Å². The van der Waals surface area contributed by atoms with Gasteiger partial charge in [0.25, 0.3) is 0 Å². The number of amides is 1. The van der Waals surface area contributed by atoms with E-state index in [1.165, 1.54) is 0 Å². The largest absolute Gasteiger partial charge is 0.496 e. The van der Waals surface area contributed by atoms with Crippen molar-refractivity contribution in [3.63, 3.8) is 0 Å². The van der Waals surface area contributed by atoms with E-state index in [2.05, 4.69) is 26.1 Å². The highest BCUT2D eigenvalue weighted by Crippen LogP contribution is 2.49.